The summed E-state index contributed by atoms with van der Waals surface area (Å²) in [7, 11) is 0. The van der Waals surface area contributed by atoms with Crippen molar-refractivity contribution in [1.82, 2.24) is 4.57 Å². The summed E-state index contributed by atoms with van der Waals surface area (Å²) in [6, 6.07) is 2.97. The van der Waals surface area contributed by atoms with Gasteiger partial charge in [0.1, 0.15) is 5.60 Å². The molecule has 1 aromatic carbocycles. The van der Waals surface area contributed by atoms with Gasteiger partial charge >= 0.3 is 6.18 Å². The zero-order valence-electron chi connectivity index (χ0n) is 14.8. The quantitative estimate of drug-likeness (QED) is 0.686. The number of alkyl halides is 3. The fourth-order valence-corrected chi connectivity index (χ4v) is 4.52. The smallest absolute Gasteiger partial charge is 0.407 e. The van der Waals surface area contributed by atoms with Crippen LogP contribution in [-0.4, -0.2) is 26.5 Å². The molecule has 0 radical (unpaired) electrons. The molecule has 2 bridgehead atoms. The van der Waals surface area contributed by atoms with E-state index in [1.807, 2.05) is 0 Å². The van der Waals surface area contributed by atoms with Crippen LogP contribution < -0.4 is 0 Å². The lowest BCUT2D eigenvalue weighted by Crippen LogP contribution is -2.24. The molecule has 3 N–H and O–H groups in total. The van der Waals surface area contributed by atoms with Gasteiger partial charge in [-0.2, -0.15) is 13.2 Å². The molecule has 2 aromatic rings. The molecule has 148 valence electrons. The highest BCUT2D eigenvalue weighted by atomic mass is 19.4. The molecule has 2 atom stereocenters. The SMILES string of the molecule is [C-]#[N+]c1ccc(-n2c(O)c3c(c2O)C2(CCO)CCC3(C)O2)cc1C(F)(F)F. The summed E-state index contributed by atoms with van der Waals surface area (Å²) in [4.78, 5) is 2.90. The predicted octanol–water partition coefficient (Wildman–Crippen LogP) is 4.07. The van der Waals surface area contributed by atoms with Crippen LogP contribution >= 0.6 is 0 Å². The first-order chi connectivity index (χ1) is 13.1. The number of nitrogens with zero attached hydrogens (tertiary/aromatic N) is 2. The van der Waals surface area contributed by atoms with Gasteiger partial charge in [0, 0.05) is 13.0 Å². The Morgan fingerprint density at radius 1 is 1.21 bits per heavy atom. The summed E-state index contributed by atoms with van der Waals surface area (Å²) >= 11 is 0. The third-order valence-electron chi connectivity index (χ3n) is 5.71. The van der Waals surface area contributed by atoms with Crippen molar-refractivity contribution in [2.45, 2.75) is 43.6 Å². The fourth-order valence-electron chi connectivity index (χ4n) is 4.52. The average Bonchev–Trinajstić information content (AvgIpc) is 3.19. The number of hydrogen-bond acceptors (Lipinski definition) is 4. The van der Waals surface area contributed by atoms with E-state index in [1.54, 1.807) is 6.92 Å². The normalized spacial score (nSPS) is 25.7. The number of fused-ring (bicyclic) bond motifs is 5. The van der Waals surface area contributed by atoms with E-state index < -0.39 is 40.4 Å². The van der Waals surface area contributed by atoms with Crippen LogP contribution in [0, 0.1) is 6.57 Å². The minimum absolute atomic E-state index is 0.119. The van der Waals surface area contributed by atoms with Gasteiger partial charge in [0.25, 0.3) is 0 Å². The molecule has 2 aliphatic rings. The van der Waals surface area contributed by atoms with Crippen molar-refractivity contribution in [3.8, 4) is 17.4 Å². The van der Waals surface area contributed by atoms with Crippen molar-refractivity contribution in [2.75, 3.05) is 6.61 Å². The van der Waals surface area contributed by atoms with Gasteiger partial charge in [0.05, 0.1) is 34.6 Å². The first-order valence-corrected chi connectivity index (χ1v) is 8.66. The van der Waals surface area contributed by atoms with Crippen LogP contribution in [0.15, 0.2) is 18.2 Å². The van der Waals surface area contributed by atoms with Gasteiger partial charge in [-0.3, -0.25) is 4.57 Å². The summed E-state index contributed by atoms with van der Waals surface area (Å²) in [5, 5.41) is 31.1. The number of halogens is 3. The Kier molecular flexibility index (Phi) is 3.77. The predicted molar refractivity (Wildman–Crippen MR) is 91.4 cm³/mol. The van der Waals surface area contributed by atoms with Gasteiger partial charge in [-0.1, -0.05) is 6.07 Å². The second-order valence-corrected chi connectivity index (χ2v) is 7.34. The lowest BCUT2D eigenvalue weighted by Gasteiger charge is -2.25. The Morgan fingerprint density at radius 3 is 2.50 bits per heavy atom. The molecule has 2 aliphatic heterocycles. The summed E-state index contributed by atoms with van der Waals surface area (Å²) in [6.07, 6.45) is -3.51. The maximum atomic E-state index is 13.3. The van der Waals surface area contributed by atoms with Gasteiger partial charge in [-0.15, -0.1) is 0 Å². The van der Waals surface area contributed by atoms with Crippen LogP contribution in [0.1, 0.15) is 42.9 Å². The highest BCUT2D eigenvalue weighted by Crippen LogP contribution is 2.65. The van der Waals surface area contributed by atoms with E-state index in [9.17, 15) is 28.5 Å². The number of benzene rings is 1. The first-order valence-electron chi connectivity index (χ1n) is 8.66. The Hall–Kier alpha value is -2.70. The lowest BCUT2D eigenvalue weighted by molar-refractivity contribution is -0.136. The maximum Gasteiger partial charge on any atom is 0.407 e. The van der Waals surface area contributed by atoms with E-state index in [0.717, 1.165) is 16.7 Å². The van der Waals surface area contributed by atoms with Crippen LogP contribution in [0.25, 0.3) is 10.5 Å². The largest absolute Gasteiger partial charge is 0.494 e. The molecular formula is C19H17F3N2O4. The number of aliphatic hydroxyl groups excluding tert-OH is 1. The molecule has 3 heterocycles. The number of rotatable bonds is 3. The summed E-state index contributed by atoms with van der Waals surface area (Å²) in [5.74, 6) is -0.828. The number of aromatic hydroxyl groups is 2. The number of hydrogen-bond donors (Lipinski definition) is 3. The molecule has 4 rings (SSSR count). The van der Waals surface area contributed by atoms with Crippen LogP contribution in [0.5, 0.6) is 11.8 Å². The Labute approximate surface area is 158 Å². The van der Waals surface area contributed by atoms with Gasteiger partial charge < -0.3 is 20.1 Å². The lowest BCUT2D eigenvalue weighted by atomic mass is 9.78. The van der Waals surface area contributed by atoms with Gasteiger partial charge in [-0.05, 0) is 31.9 Å². The zero-order valence-corrected chi connectivity index (χ0v) is 14.8. The van der Waals surface area contributed by atoms with E-state index in [-0.39, 0.29) is 18.7 Å². The second kappa shape index (κ2) is 5.65. The maximum absolute atomic E-state index is 13.3. The molecule has 1 aromatic heterocycles. The van der Waals surface area contributed by atoms with Crippen LogP contribution in [0.4, 0.5) is 18.9 Å². The van der Waals surface area contributed by atoms with Gasteiger partial charge in [-0.25, -0.2) is 4.85 Å². The van der Waals surface area contributed by atoms with Gasteiger partial charge in [0.15, 0.2) is 5.69 Å². The molecular weight excluding hydrogens is 377 g/mol. The number of aliphatic hydroxyl groups is 1. The standard InChI is InChI=1S/C19H17F3N2O4/c1-17-5-6-18(28-17,7-8-25)14-13(17)15(26)24(16(14)27)10-3-4-12(23-2)11(9-10)19(20,21)22/h3-4,9,25-27H,5-8H2,1H3. The number of aromatic nitrogens is 1. The molecule has 28 heavy (non-hydrogen) atoms. The third-order valence-corrected chi connectivity index (χ3v) is 5.71. The first kappa shape index (κ1) is 18.7. The molecule has 0 amide bonds. The Morgan fingerprint density at radius 2 is 1.89 bits per heavy atom. The van der Waals surface area contributed by atoms with Crippen molar-refractivity contribution < 1.29 is 33.2 Å². The molecule has 0 spiro atoms. The van der Waals surface area contributed by atoms with Crippen molar-refractivity contribution in [3.63, 3.8) is 0 Å². The van der Waals surface area contributed by atoms with E-state index in [2.05, 4.69) is 4.85 Å². The Balaban J connectivity index is 1.95. The van der Waals surface area contributed by atoms with E-state index in [4.69, 9.17) is 11.3 Å². The average molecular weight is 394 g/mol. The summed E-state index contributed by atoms with van der Waals surface area (Å²) in [5.41, 5.74) is -3.10. The van der Waals surface area contributed by atoms with E-state index >= 15 is 0 Å². The topological polar surface area (TPSA) is 79.2 Å². The molecule has 2 unspecified atom stereocenters. The van der Waals surface area contributed by atoms with Crippen molar-refractivity contribution in [2.24, 2.45) is 0 Å². The summed E-state index contributed by atoms with van der Waals surface area (Å²) in [6.45, 7) is 8.47. The van der Waals surface area contributed by atoms with Crippen molar-refractivity contribution in [3.05, 3.63) is 46.3 Å². The van der Waals surface area contributed by atoms with Crippen molar-refractivity contribution >= 4 is 5.69 Å². The Bertz CT molecular complexity index is 1020. The summed E-state index contributed by atoms with van der Waals surface area (Å²) < 4.78 is 47.0. The molecule has 0 aliphatic carbocycles. The van der Waals surface area contributed by atoms with E-state index in [0.29, 0.717) is 24.0 Å². The molecule has 6 nitrogen and oxygen atoms in total. The minimum atomic E-state index is -4.76. The van der Waals surface area contributed by atoms with Crippen LogP contribution in [-0.2, 0) is 22.1 Å². The van der Waals surface area contributed by atoms with Crippen LogP contribution in [0.3, 0.4) is 0 Å². The van der Waals surface area contributed by atoms with Crippen molar-refractivity contribution in [1.29, 1.82) is 0 Å². The highest BCUT2D eigenvalue weighted by Gasteiger charge is 2.61. The van der Waals surface area contributed by atoms with Gasteiger partial charge in [0.2, 0.25) is 11.8 Å². The molecule has 0 saturated carbocycles. The number of ether oxygens (including phenoxy) is 1. The second-order valence-electron chi connectivity index (χ2n) is 7.34. The minimum Gasteiger partial charge on any atom is -0.494 e. The third kappa shape index (κ3) is 2.28. The highest BCUT2D eigenvalue weighted by molar-refractivity contribution is 5.64. The zero-order chi connectivity index (χ0) is 20.5. The molecule has 1 saturated heterocycles. The monoisotopic (exact) mass is 394 g/mol. The van der Waals surface area contributed by atoms with Crippen LogP contribution in [0.2, 0.25) is 0 Å². The molecule has 9 heteroatoms. The van der Waals surface area contributed by atoms with E-state index in [1.165, 1.54) is 6.07 Å². The fraction of sp³-hybridized carbons (Fsp3) is 0.421. The molecule has 1 fully saturated rings.